The van der Waals surface area contributed by atoms with Crippen molar-refractivity contribution in [3.05, 3.63) is 42.1 Å². The summed E-state index contributed by atoms with van der Waals surface area (Å²) in [6.45, 7) is 0. The fraction of sp³-hybridized carbons (Fsp3) is 0.500. The summed E-state index contributed by atoms with van der Waals surface area (Å²) in [5, 5.41) is 0. The van der Waals surface area contributed by atoms with Crippen LogP contribution in [-0.2, 0) is 0 Å². The first kappa shape index (κ1) is 13.9. The monoisotopic (exact) mass is 302 g/mol. The molecule has 0 N–H and O–H groups in total. The Balaban J connectivity index is 1.65. The molecule has 1 aromatic carbocycles. The molecule has 1 aliphatic carbocycles. The number of halogens is 2. The summed E-state index contributed by atoms with van der Waals surface area (Å²) in [6, 6.07) is 4.83. The Morgan fingerprint density at radius 2 is 2.05 bits per heavy atom. The third-order valence-corrected chi connectivity index (χ3v) is 5.27. The molecule has 2 nitrogen and oxygen atoms in total. The number of alkyl halides is 1. The Hall–Kier alpha value is -1.71. The smallest absolute Gasteiger partial charge is 0.129 e. The maximum Gasteiger partial charge on any atom is 0.129 e. The minimum absolute atomic E-state index is 0.136. The fourth-order valence-electron chi connectivity index (χ4n) is 4.13. The summed E-state index contributed by atoms with van der Waals surface area (Å²) in [5.41, 5.74) is 2.40. The average Bonchev–Trinajstić information content (AvgIpc) is 3.12. The van der Waals surface area contributed by atoms with Crippen molar-refractivity contribution in [1.82, 2.24) is 9.55 Å². The first-order chi connectivity index (χ1) is 10.8. The molecule has 0 spiro atoms. The zero-order valence-corrected chi connectivity index (χ0v) is 12.5. The summed E-state index contributed by atoms with van der Waals surface area (Å²) in [7, 11) is 0. The summed E-state index contributed by atoms with van der Waals surface area (Å²) in [6.07, 6.45) is 8.32. The topological polar surface area (TPSA) is 17.8 Å². The predicted molar refractivity (Wildman–Crippen MR) is 81.8 cm³/mol. The van der Waals surface area contributed by atoms with Crippen LogP contribution >= 0.6 is 0 Å². The van der Waals surface area contributed by atoms with E-state index in [4.69, 9.17) is 0 Å². The van der Waals surface area contributed by atoms with Gasteiger partial charge in [0.2, 0.25) is 0 Å². The van der Waals surface area contributed by atoms with E-state index in [0.29, 0.717) is 12.0 Å². The second kappa shape index (κ2) is 5.49. The molecule has 2 aliphatic rings. The van der Waals surface area contributed by atoms with Gasteiger partial charge in [0.15, 0.2) is 0 Å². The van der Waals surface area contributed by atoms with Crippen LogP contribution in [0.15, 0.2) is 30.7 Å². The largest absolute Gasteiger partial charge is 0.323 e. The minimum Gasteiger partial charge on any atom is -0.323 e. The van der Waals surface area contributed by atoms with Crippen molar-refractivity contribution >= 4 is 0 Å². The number of fused-ring (bicyclic) bond motifs is 3. The quantitative estimate of drug-likeness (QED) is 0.788. The highest BCUT2D eigenvalue weighted by Gasteiger charge is 2.35. The average molecular weight is 302 g/mol. The molecule has 1 aliphatic heterocycles. The van der Waals surface area contributed by atoms with Crippen LogP contribution in [0.2, 0.25) is 0 Å². The van der Waals surface area contributed by atoms with Gasteiger partial charge in [-0.15, -0.1) is 0 Å². The number of rotatable bonds is 3. The van der Waals surface area contributed by atoms with E-state index in [1.165, 1.54) is 12.5 Å². The molecule has 4 heteroatoms. The summed E-state index contributed by atoms with van der Waals surface area (Å²) in [4.78, 5) is 4.16. The van der Waals surface area contributed by atoms with Gasteiger partial charge in [0.1, 0.15) is 12.0 Å². The molecule has 22 heavy (non-hydrogen) atoms. The molecule has 2 atom stereocenters. The highest BCUT2D eigenvalue weighted by atomic mass is 19.1. The first-order valence-electron chi connectivity index (χ1n) is 8.20. The van der Waals surface area contributed by atoms with Crippen LogP contribution in [0.3, 0.4) is 0 Å². The lowest BCUT2D eigenvalue weighted by Gasteiger charge is -2.27. The van der Waals surface area contributed by atoms with Crippen molar-refractivity contribution in [2.24, 2.45) is 5.92 Å². The molecule has 1 fully saturated rings. The van der Waals surface area contributed by atoms with E-state index >= 15 is 0 Å². The molecule has 0 saturated heterocycles. The molecule has 4 rings (SSSR count). The maximum atomic E-state index is 14.8. The highest BCUT2D eigenvalue weighted by Crippen LogP contribution is 2.44. The Morgan fingerprint density at radius 3 is 2.86 bits per heavy atom. The van der Waals surface area contributed by atoms with Crippen molar-refractivity contribution in [3.8, 4) is 11.3 Å². The van der Waals surface area contributed by atoms with Gasteiger partial charge < -0.3 is 4.57 Å². The Bertz CT molecular complexity index is 673. The molecule has 2 aromatic rings. The van der Waals surface area contributed by atoms with Gasteiger partial charge in [0.25, 0.3) is 0 Å². The van der Waals surface area contributed by atoms with Crippen molar-refractivity contribution in [2.45, 2.75) is 50.7 Å². The van der Waals surface area contributed by atoms with Gasteiger partial charge in [0, 0.05) is 17.5 Å². The van der Waals surface area contributed by atoms with E-state index < -0.39 is 6.17 Å². The van der Waals surface area contributed by atoms with Gasteiger partial charge in [0.05, 0.1) is 24.3 Å². The Morgan fingerprint density at radius 1 is 1.23 bits per heavy atom. The van der Waals surface area contributed by atoms with Gasteiger partial charge in [-0.1, -0.05) is 31.4 Å². The maximum absolute atomic E-state index is 14.8. The van der Waals surface area contributed by atoms with E-state index in [0.717, 1.165) is 36.9 Å². The van der Waals surface area contributed by atoms with Crippen LogP contribution < -0.4 is 0 Å². The van der Waals surface area contributed by atoms with E-state index in [-0.39, 0.29) is 17.8 Å². The van der Waals surface area contributed by atoms with Crippen LogP contribution in [0.5, 0.6) is 0 Å². The number of nitrogens with zero attached hydrogens (tertiary/aromatic N) is 2. The number of benzene rings is 1. The van der Waals surface area contributed by atoms with E-state index in [2.05, 4.69) is 4.98 Å². The molecule has 0 bridgehead atoms. The lowest BCUT2D eigenvalue weighted by Crippen LogP contribution is -2.23. The van der Waals surface area contributed by atoms with Gasteiger partial charge >= 0.3 is 0 Å². The molecule has 116 valence electrons. The fourth-order valence-corrected chi connectivity index (χ4v) is 4.13. The van der Waals surface area contributed by atoms with Gasteiger partial charge in [-0.3, -0.25) is 0 Å². The van der Waals surface area contributed by atoms with Crippen LogP contribution in [0.25, 0.3) is 11.3 Å². The van der Waals surface area contributed by atoms with Crippen LogP contribution in [0, 0.1) is 11.7 Å². The zero-order chi connectivity index (χ0) is 15.1. The predicted octanol–water partition coefficient (Wildman–Crippen LogP) is 4.90. The summed E-state index contributed by atoms with van der Waals surface area (Å²) in [5.74, 6) is -0.0985. The van der Waals surface area contributed by atoms with E-state index in [9.17, 15) is 8.78 Å². The SMILES string of the molecule is Fc1cccc2c1[C@H](C[C@@H](F)C1CCCCC1)n1cncc1-2. The first-order valence-corrected chi connectivity index (χ1v) is 8.20. The van der Waals surface area contributed by atoms with Crippen molar-refractivity contribution in [3.63, 3.8) is 0 Å². The third-order valence-electron chi connectivity index (χ3n) is 5.27. The zero-order valence-electron chi connectivity index (χ0n) is 12.5. The molecule has 2 heterocycles. The molecule has 0 unspecified atom stereocenters. The van der Waals surface area contributed by atoms with Gasteiger partial charge in [-0.2, -0.15) is 0 Å². The van der Waals surface area contributed by atoms with Crippen molar-refractivity contribution in [1.29, 1.82) is 0 Å². The summed E-state index contributed by atoms with van der Waals surface area (Å²) < 4.78 is 31.1. The summed E-state index contributed by atoms with van der Waals surface area (Å²) >= 11 is 0. The number of hydrogen-bond donors (Lipinski definition) is 0. The standard InChI is InChI=1S/C18H20F2N2/c19-14-8-4-7-13-17-10-21-11-22(17)16(18(13)14)9-15(20)12-5-2-1-3-6-12/h4,7-8,10-12,15-16H,1-3,5-6,9H2/t15-,16+/m1/s1. The molecule has 1 aromatic heterocycles. The van der Waals surface area contributed by atoms with Crippen molar-refractivity contribution < 1.29 is 8.78 Å². The third kappa shape index (κ3) is 2.16. The number of imidazole rings is 1. The normalized spacial score (nSPS) is 22.4. The van der Waals surface area contributed by atoms with Crippen molar-refractivity contribution in [2.75, 3.05) is 0 Å². The highest BCUT2D eigenvalue weighted by molar-refractivity contribution is 5.69. The molecule has 0 amide bonds. The van der Waals surface area contributed by atoms with Crippen LogP contribution in [-0.4, -0.2) is 15.7 Å². The lowest BCUT2D eigenvalue weighted by atomic mass is 9.83. The molecule has 1 saturated carbocycles. The minimum atomic E-state index is -0.869. The number of aromatic nitrogens is 2. The van der Waals surface area contributed by atoms with E-state index in [1.807, 2.05) is 10.6 Å². The van der Waals surface area contributed by atoms with Crippen LogP contribution in [0.1, 0.15) is 50.1 Å². The molecular weight excluding hydrogens is 282 g/mol. The lowest BCUT2D eigenvalue weighted by molar-refractivity contribution is 0.158. The molecular formula is C18H20F2N2. The second-order valence-corrected chi connectivity index (χ2v) is 6.55. The Kier molecular flexibility index (Phi) is 3.47. The molecule has 0 radical (unpaired) electrons. The number of hydrogen-bond acceptors (Lipinski definition) is 1. The second-order valence-electron chi connectivity index (χ2n) is 6.55. The Labute approximate surface area is 129 Å². The van der Waals surface area contributed by atoms with E-state index in [1.54, 1.807) is 18.6 Å². The van der Waals surface area contributed by atoms with Gasteiger partial charge in [-0.05, 0) is 24.8 Å². The van der Waals surface area contributed by atoms with Crippen LogP contribution in [0.4, 0.5) is 8.78 Å². The van der Waals surface area contributed by atoms with Gasteiger partial charge in [-0.25, -0.2) is 13.8 Å².